The molecule has 0 saturated carbocycles. The van der Waals surface area contributed by atoms with Crippen molar-refractivity contribution in [3.05, 3.63) is 27.4 Å². The number of hydrogen-bond acceptors (Lipinski definition) is 5. The number of nitrogens with one attached hydrogen (secondary N) is 1. The molecule has 2 unspecified atom stereocenters. The van der Waals surface area contributed by atoms with Crippen LogP contribution in [0.3, 0.4) is 0 Å². The molecule has 0 amide bonds. The minimum Gasteiger partial charge on any atom is -0.358 e. The van der Waals surface area contributed by atoms with Gasteiger partial charge in [0, 0.05) is 17.3 Å². The van der Waals surface area contributed by atoms with Crippen LogP contribution in [0.1, 0.15) is 39.3 Å². The second-order valence-electron chi connectivity index (χ2n) is 5.25. The first-order valence-electron chi connectivity index (χ1n) is 6.80. The molecule has 0 saturated heterocycles. The SMILES string of the molecule is CCNC(C)C(c1nc2sccn2c1[N+](=O)[O-])C(C)C. The molecule has 2 aromatic rings. The predicted molar refractivity (Wildman–Crippen MR) is 80.4 cm³/mol. The van der Waals surface area contributed by atoms with Gasteiger partial charge < -0.3 is 15.4 Å². The Morgan fingerprint density at radius 2 is 2.20 bits per heavy atom. The summed E-state index contributed by atoms with van der Waals surface area (Å²) >= 11 is 1.42. The molecule has 6 nitrogen and oxygen atoms in total. The van der Waals surface area contributed by atoms with E-state index < -0.39 is 0 Å². The summed E-state index contributed by atoms with van der Waals surface area (Å²) in [7, 11) is 0. The van der Waals surface area contributed by atoms with Gasteiger partial charge in [-0.2, -0.15) is 9.38 Å². The second kappa shape index (κ2) is 5.88. The first-order chi connectivity index (χ1) is 9.47. The van der Waals surface area contributed by atoms with Crippen molar-refractivity contribution in [1.29, 1.82) is 0 Å². The lowest BCUT2D eigenvalue weighted by molar-refractivity contribution is -0.391. The number of thiazole rings is 1. The maximum atomic E-state index is 11.4. The molecule has 0 aromatic carbocycles. The molecule has 0 aliphatic rings. The largest absolute Gasteiger partial charge is 0.358 e. The third-order valence-corrected chi connectivity index (χ3v) is 4.29. The van der Waals surface area contributed by atoms with Crippen LogP contribution in [0.25, 0.3) is 4.96 Å². The maximum absolute atomic E-state index is 11.4. The fourth-order valence-electron chi connectivity index (χ4n) is 2.77. The number of nitrogens with zero attached hydrogens (tertiary/aromatic N) is 3. The van der Waals surface area contributed by atoms with Crippen molar-refractivity contribution in [2.45, 2.75) is 39.7 Å². The molecule has 7 heteroatoms. The Kier molecular flexibility index (Phi) is 4.39. The van der Waals surface area contributed by atoms with Gasteiger partial charge in [-0.25, -0.2) is 0 Å². The molecule has 0 aliphatic heterocycles. The van der Waals surface area contributed by atoms with E-state index in [2.05, 4.69) is 31.1 Å². The van der Waals surface area contributed by atoms with Gasteiger partial charge >= 0.3 is 5.82 Å². The van der Waals surface area contributed by atoms with Crippen molar-refractivity contribution in [2.24, 2.45) is 5.92 Å². The zero-order chi connectivity index (χ0) is 14.9. The van der Waals surface area contributed by atoms with Crippen LogP contribution >= 0.6 is 11.3 Å². The highest BCUT2D eigenvalue weighted by molar-refractivity contribution is 7.15. The third-order valence-electron chi connectivity index (χ3n) is 3.53. The van der Waals surface area contributed by atoms with Crippen molar-refractivity contribution in [3.63, 3.8) is 0 Å². The highest BCUT2D eigenvalue weighted by atomic mass is 32.1. The molecule has 0 fully saturated rings. The summed E-state index contributed by atoms with van der Waals surface area (Å²) < 4.78 is 1.58. The number of hydrogen-bond donors (Lipinski definition) is 1. The van der Waals surface area contributed by atoms with Gasteiger partial charge in [0.05, 0.1) is 0 Å². The first kappa shape index (κ1) is 14.9. The zero-order valence-corrected chi connectivity index (χ0v) is 13.0. The fraction of sp³-hybridized carbons (Fsp3) is 0.615. The van der Waals surface area contributed by atoms with E-state index in [1.54, 1.807) is 10.6 Å². The quantitative estimate of drug-likeness (QED) is 0.657. The van der Waals surface area contributed by atoms with E-state index in [-0.39, 0.29) is 28.6 Å². The van der Waals surface area contributed by atoms with Gasteiger partial charge in [-0.15, -0.1) is 0 Å². The Balaban J connectivity index is 2.55. The Bertz CT molecular complexity index is 605. The molecule has 110 valence electrons. The molecule has 0 spiro atoms. The minimum absolute atomic E-state index is 0.0162. The van der Waals surface area contributed by atoms with Crippen molar-refractivity contribution in [2.75, 3.05) is 6.54 Å². The number of rotatable bonds is 6. The molecule has 2 aromatic heterocycles. The molecule has 1 N–H and O–H groups in total. The van der Waals surface area contributed by atoms with E-state index in [1.807, 2.05) is 12.3 Å². The molecule has 0 radical (unpaired) electrons. The van der Waals surface area contributed by atoms with Gasteiger partial charge in [-0.05, 0) is 24.3 Å². The van der Waals surface area contributed by atoms with Crippen LogP contribution in [0, 0.1) is 16.0 Å². The number of fused-ring (bicyclic) bond motifs is 1. The van der Waals surface area contributed by atoms with Gasteiger partial charge in [0.25, 0.3) is 4.96 Å². The molecule has 2 atom stereocenters. The van der Waals surface area contributed by atoms with Crippen LogP contribution in [-0.4, -0.2) is 26.9 Å². The van der Waals surface area contributed by atoms with Crippen molar-refractivity contribution >= 4 is 22.1 Å². The van der Waals surface area contributed by atoms with Gasteiger partial charge in [0.1, 0.15) is 11.9 Å². The van der Waals surface area contributed by atoms with E-state index in [1.165, 1.54) is 11.3 Å². The van der Waals surface area contributed by atoms with Gasteiger partial charge in [-0.1, -0.05) is 32.1 Å². The van der Waals surface area contributed by atoms with E-state index >= 15 is 0 Å². The monoisotopic (exact) mass is 296 g/mol. The van der Waals surface area contributed by atoms with Gasteiger partial charge in [-0.3, -0.25) is 0 Å². The molecular formula is C13H20N4O2S. The van der Waals surface area contributed by atoms with Crippen LogP contribution in [0.2, 0.25) is 0 Å². The minimum atomic E-state index is -0.323. The lowest BCUT2D eigenvalue weighted by Gasteiger charge is -2.26. The van der Waals surface area contributed by atoms with E-state index in [0.29, 0.717) is 10.7 Å². The lowest BCUT2D eigenvalue weighted by atomic mass is 9.86. The summed E-state index contributed by atoms with van der Waals surface area (Å²) in [5.41, 5.74) is 0.588. The van der Waals surface area contributed by atoms with Crippen molar-refractivity contribution in [3.8, 4) is 0 Å². The van der Waals surface area contributed by atoms with Crippen molar-refractivity contribution < 1.29 is 4.92 Å². The summed E-state index contributed by atoms with van der Waals surface area (Å²) in [6.07, 6.45) is 1.71. The number of aromatic nitrogens is 2. The summed E-state index contributed by atoms with van der Waals surface area (Å²) in [5.74, 6) is 0.388. The molecule has 0 aliphatic carbocycles. The van der Waals surface area contributed by atoms with Crippen LogP contribution in [0.4, 0.5) is 5.82 Å². The third kappa shape index (κ3) is 2.55. The number of imidazole rings is 1. The summed E-state index contributed by atoms with van der Waals surface area (Å²) in [6, 6.07) is 0.142. The van der Waals surface area contributed by atoms with Crippen LogP contribution in [0.5, 0.6) is 0 Å². The van der Waals surface area contributed by atoms with Crippen LogP contribution < -0.4 is 5.32 Å². The molecule has 2 rings (SSSR count). The smallest absolute Gasteiger partial charge is 0.352 e. The second-order valence-corrected chi connectivity index (χ2v) is 6.12. The van der Waals surface area contributed by atoms with E-state index in [9.17, 15) is 10.1 Å². The van der Waals surface area contributed by atoms with Crippen LogP contribution in [-0.2, 0) is 0 Å². The van der Waals surface area contributed by atoms with E-state index in [0.717, 1.165) is 6.54 Å². The van der Waals surface area contributed by atoms with E-state index in [4.69, 9.17) is 0 Å². The van der Waals surface area contributed by atoms with Gasteiger partial charge in [0.2, 0.25) is 0 Å². The topological polar surface area (TPSA) is 72.5 Å². The average molecular weight is 296 g/mol. The Morgan fingerprint density at radius 1 is 1.50 bits per heavy atom. The van der Waals surface area contributed by atoms with Crippen LogP contribution in [0.15, 0.2) is 11.6 Å². The normalized spacial score (nSPS) is 14.8. The Hall–Kier alpha value is -1.47. The number of likely N-dealkylation sites (N-methyl/N-ethyl adjacent to an activating group) is 1. The van der Waals surface area contributed by atoms with Crippen molar-refractivity contribution in [1.82, 2.24) is 14.7 Å². The first-order valence-corrected chi connectivity index (χ1v) is 7.68. The van der Waals surface area contributed by atoms with Gasteiger partial charge in [0.15, 0.2) is 0 Å². The summed E-state index contributed by atoms with van der Waals surface area (Å²) in [6.45, 7) is 9.09. The predicted octanol–water partition coefficient (Wildman–Crippen LogP) is 3.04. The maximum Gasteiger partial charge on any atom is 0.352 e. The molecule has 2 heterocycles. The zero-order valence-electron chi connectivity index (χ0n) is 12.2. The molecular weight excluding hydrogens is 276 g/mol. The number of nitro groups is 1. The highest BCUT2D eigenvalue weighted by Gasteiger charge is 2.34. The fourth-order valence-corrected chi connectivity index (χ4v) is 3.49. The summed E-state index contributed by atoms with van der Waals surface area (Å²) in [4.78, 5) is 16.3. The highest BCUT2D eigenvalue weighted by Crippen LogP contribution is 2.35. The Morgan fingerprint density at radius 3 is 2.75 bits per heavy atom. The Labute approximate surface area is 122 Å². The average Bonchev–Trinajstić information content (AvgIpc) is 2.88. The lowest BCUT2D eigenvalue weighted by Crippen LogP contribution is -2.35. The standard InChI is InChI=1S/C13H20N4O2S/c1-5-14-9(4)10(8(2)3)11-12(17(18)19)16-6-7-20-13(16)15-11/h6-10,14H,5H2,1-4H3. The summed E-state index contributed by atoms with van der Waals surface area (Å²) in [5, 5.41) is 16.6. The molecule has 20 heavy (non-hydrogen) atoms. The molecule has 0 bridgehead atoms.